The van der Waals surface area contributed by atoms with Crippen LogP contribution in [0.25, 0.3) is 0 Å². The fraction of sp³-hybridized carbons (Fsp3) is 0.483. The van der Waals surface area contributed by atoms with Crippen LogP contribution in [-0.2, 0) is 10.2 Å². The summed E-state index contributed by atoms with van der Waals surface area (Å²) < 4.78 is 65.1. The van der Waals surface area contributed by atoms with Crippen LogP contribution in [0.3, 0.4) is 0 Å². The summed E-state index contributed by atoms with van der Waals surface area (Å²) >= 11 is 0. The van der Waals surface area contributed by atoms with E-state index >= 15 is 0 Å². The zero-order chi connectivity index (χ0) is 29.4. The van der Waals surface area contributed by atoms with Crippen molar-refractivity contribution in [2.75, 3.05) is 31.5 Å². The highest BCUT2D eigenvalue weighted by atomic mass is 19.4. The lowest BCUT2D eigenvalue weighted by Gasteiger charge is -2.37. The van der Waals surface area contributed by atoms with Gasteiger partial charge in [0, 0.05) is 50.0 Å². The van der Waals surface area contributed by atoms with E-state index < -0.39 is 35.8 Å². The van der Waals surface area contributed by atoms with Crippen LogP contribution in [0.2, 0.25) is 0 Å². The quantitative estimate of drug-likeness (QED) is 0.459. The van der Waals surface area contributed by atoms with E-state index in [-0.39, 0.29) is 30.2 Å². The molecule has 7 nitrogen and oxygen atoms in total. The number of alkyl halides is 3. The lowest BCUT2D eigenvalue weighted by atomic mass is 9.80. The van der Waals surface area contributed by atoms with Gasteiger partial charge in [-0.3, -0.25) is 9.69 Å². The van der Waals surface area contributed by atoms with Crippen LogP contribution in [0.4, 0.5) is 32.4 Å². The molecule has 2 N–H and O–H groups in total. The highest BCUT2D eigenvalue weighted by molar-refractivity contribution is 5.89. The Bertz CT molecular complexity index is 1360. The number of amides is 3. The maximum atomic E-state index is 13.8. The molecular formula is C29H30F5N5O2. The van der Waals surface area contributed by atoms with E-state index in [1.165, 1.54) is 6.07 Å². The van der Waals surface area contributed by atoms with E-state index in [1.807, 2.05) is 28.4 Å². The number of carbonyl (C=O) groups excluding carboxylic acids is 2. The number of carbonyl (C=O) groups is 2. The second-order valence-corrected chi connectivity index (χ2v) is 11.2. The number of hydrogen-bond acceptors (Lipinski definition) is 4. The van der Waals surface area contributed by atoms with Crippen LogP contribution >= 0.6 is 0 Å². The summed E-state index contributed by atoms with van der Waals surface area (Å²) in [4.78, 5) is 28.4. The molecule has 4 unspecified atom stereocenters. The van der Waals surface area contributed by atoms with Gasteiger partial charge < -0.3 is 15.5 Å². The average molecular weight is 576 g/mol. The summed E-state index contributed by atoms with van der Waals surface area (Å²) in [6.45, 7) is 1.34. The number of nitriles is 1. The molecule has 1 saturated heterocycles. The van der Waals surface area contributed by atoms with Gasteiger partial charge in [0.05, 0.1) is 11.6 Å². The smallest absolute Gasteiger partial charge is 0.344 e. The molecule has 1 aliphatic heterocycles. The van der Waals surface area contributed by atoms with E-state index in [2.05, 4.69) is 11.4 Å². The van der Waals surface area contributed by atoms with Crippen LogP contribution in [0.1, 0.15) is 43.2 Å². The second-order valence-electron chi connectivity index (χ2n) is 11.2. The highest BCUT2D eigenvalue weighted by Gasteiger charge is 2.58. The van der Waals surface area contributed by atoms with Crippen molar-refractivity contribution in [3.05, 3.63) is 65.2 Å². The van der Waals surface area contributed by atoms with E-state index in [1.54, 1.807) is 11.0 Å². The summed E-state index contributed by atoms with van der Waals surface area (Å²) in [6.07, 6.45) is -1.39. The lowest BCUT2D eigenvalue weighted by Crippen LogP contribution is -2.49. The Morgan fingerprint density at radius 3 is 2.63 bits per heavy atom. The number of hydrogen-bond donors (Lipinski definition) is 2. The fourth-order valence-electron chi connectivity index (χ4n) is 6.43. The summed E-state index contributed by atoms with van der Waals surface area (Å²) in [5.74, 6) is -3.76. The number of likely N-dealkylation sites (tertiary alicyclic amines) is 1. The van der Waals surface area contributed by atoms with E-state index in [0.717, 1.165) is 37.0 Å². The predicted octanol–water partition coefficient (Wildman–Crippen LogP) is 4.93. The van der Waals surface area contributed by atoms with E-state index in [9.17, 15) is 36.8 Å². The normalized spacial score (nSPS) is 25.6. The molecule has 2 saturated carbocycles. The minimum atomic E-state index is -4.95. The summed E-state index contributed by atoms with van der Waals surface area (Å²) in [5.41, 5.74) is 1.82. The van der Waals surface area contributed by atoms with Crippen molar-refractivity contribution in [3.63, 3.8) is 0 Å². The summed E-state index contributed by atoms with van der Waals surface area (Å²) in [6, 6.07) is 11.7. The zero-order valence-electron chi connectivity index (χ0n) is 22.2. The Hall–Kier alpha value is -3.72. The summed E-state index contributed by atoms with van der Waals surface area (Å²) in [5, 5.41) is 14.0. The molecule has 41 heavy (non-hydrogen) atoms. The Morgan fingerprint density at radius 1 is 1.12 bits per heavy atom. The first-order chi connectivity index (χ1) is 19.5. The molecule has 2 aromatic rings. The number of fused-ring (bicyclic) bond motifs is 1. The number of anilines is 1. The number of urea groups is 1. The molecule has 2 aromatic carbocycles. The minimum absolute atomic E-state index is 0.0234. The Labute approximate surface area is 234 Å². The van der Waals surface area contributed by atoms with Crippen LogP contribution < -0.4 is 10.6 Å². The topological polar surface area (TPSA) is 88.5 Å². The maximum Gasteiger partial charge on any atom is 0.471 e. The molecule has 0 spiro atoms. The molecule has 218 valence electrons. The first-order valence-electron chi connectivity index (χ1n) is 13.6. The van der Waals surface area contributed by atoms with Crippen LogP contribution in [0.5, 0.6) is 0 Å². The zero-order valence-corrected chi connectivity index (χ0v) is 22.2. The Kier molecular flexibility index (Phi) is 7.92. The minimum Gasteiger partial charge on any atom is -0.344 e. The van der Waals surface area contributed by atoms with Crippen LogP contribution in [0.15, 0.2) is 42.5 Å². The Balaban J connectivity index is 1.26. The third kappa shape index (κ3) is 6.30. The van der Waals surface area contributed by atoms with Crippen molar-refractivity contribution < 1.29 is 31.5 Å². The predicted molar refractivity (Wildman–Crippen MR) is 140 cm³/mol. The maximum absolute atomic E-state index is 13.8. The van der Waals surface area contributed by atoms with Crippen molar-refractivity contribution in [3.8, 4) is 6.07 Å². The van der Waals surface area contributed by atoms with Crippen molar-refractivity contribution in [2.24, 2.45) is 5.92 Å². The van der Waals surface area contributed by atoms with Crippen LogP contribution in [0, 0.1) is 28.9 Å². The molecule has 3 amide bonds. The summed E-state index contributed by atoms with van der Waals surface area (Å²) in [7, 11) is 0. The van der Waals surface area contributed by atoms with Gasteiger partial charge in [-0.2, -0.15) is 18.4 Å². The molecule has 0 radical (unpaired) electrons. The van der Waals surface area contributed by atoms with Crippen molar-refractivity contribution in [2.45, 2.75) is 55.8 Å². The van der Waals surface area contributed by atoms with Gasteiger partial charge in [0.25, 0.3) is 0 Å². The van der Waals surface area contributed by atoms with Gasteiger partial charge in [-0.1, -0.05) is 12.1 Å². The number of nitrogens with one attached hydrogen (secondary N) is 2. The number of nitrogens with zero attached hydrogens (tertiary/aromatic N) is 3. The average Bonchev–Trinajstić information content (AvgIpc) is 3.52. The molecule has 5 rings (SSSR count). The molecular weight excluding hydrogens is 545 g/mol. The second kappa shape index (κ2) is 11.3. The van der Waals surface area contributed by atoms with Gasteiger partial charge in [-0.15, -0.1) is 0 Å². The highest BCUT2D eigenvalue weighted by Crippen LogP contribution is 2.62. The number of halogens is 5. The van der Waals surface area contributed by atoms with Gasteiger partial charge in [0.1, 0.15) is 0 Å². The molecule has 3 fully saturated rings. The largest absolute Gasteiger partial charge is 0.471 e. The number of rotatable bonds is 7. The van der Waals surface area contributed by atoms with Crippen molar-refractivity contribution in [1.29, 1.82) is 5.26 Å². The standard InChI is InChI=1S/C29H30F5N5O2/c30-24-5-4-21(14-25(24)31)37-27(41)39(11-10-38-9-7-22(17-38)36-26(40)29(32,33)34)23-6-8-28(15-20(28)13-23)19-3-1-2-18(12-19)16-35/h1-5,12,14,20,22-23H,6-11,13,15,17H2,(H,36,40)(H,37,41). The molecule has 1 heterocycles. The Morgan fingerprint density at radius 2 is 1.93 bits per heavy atom. The van der Waals surface area contributed by atoms with Gasteiger partial charge in [0.2, 0.25) is 0 Å². The molecule has 4 atom stereocenters. The number of benzene rings is 2. The van der Waals surface area contributed by atoms with Gasteiger partial charge in [-0.05, 0) is 73.3 Å². The van der Waals surface area contributed by atoms with E-state index in [4.69, 9.17) is 0 Å². The van der Waals surface area contributed by atoms with Crippen LogP contribution in [-0.4, -0.2) is 66.2 Å². The molecule has 0 bridgehead atoms. The third-order valence-electron chi connectivity index (χ3n) is 8.67. The third-order valence-corrected chi connectivity index (χ3v) is 8.67. The molecule has 2 aliphatic carbocycles. The first kappa shape index (κ1) is 28.8. The van der Waals surface area contributed by atoms with E-state index in [0.29, 0.717) is 37.4 Å². The monoisotopic (exact) mass is 575 g/mol. The molecule has 3 aliphatic rings. The molecule has 12 heteroatoms. The lowest BCUT2D eigenvalue weighted by molar-refractivity contribution is -0.174. The van der Waals surface area contributed by atoms with Gasteiger partial charge >= 0.3 is 18.1 Å². The van der Waals surface area contributed by atoms with Gasteiger partial charge in [0.15, 0.2) is 11.6 Å². The van der Waals surface area contributed by atoms with Crippen molar-refractivity contribution in [1.82, 2.24) is 15.1 Å². The fourth-order valence-corrected chi connectivity index (χ4v) is 6.43. The first-order valence-corrected chi connectivity index (χ1v) is 13.6. The van der Waals surface area contributed by atoms with Crippen molar-refractivity contribution >= 4 is 17.6 Å². The van der Waals surface area contributed by atoms with Gasteiger partial charge in [-0.25, -0.2) is 13.6 Å². The SMILES string of the molecule is N#Cc1cccc(C23CCC(N(CCN4CCC(NC(=O)C(F)(F)F)C4)C(=O)Nc4ccc(F)c(F)c4)CC2C3)c1. The molecule has 0 aromatic heterocycles.